The fourth-order valence-electron chi connectivity index (χ4n) is 2.16. The molecule has 5 nitrogen and oxygen atoms in total. The van der Waals surface area contributed by atoms with Crippen LogP contribution in [0.4, 0.5) is 5.69 Å². The summed E-state index contributed by atoms with van der Waals surface area (Å²) in [5.74, 6) is -0.530. The molecule has 1 amide bonds. The van der Waals surface area contributed by atoms with Gasteiger partial charge in [-0.15, -0.1) is 0 Å². The highest BCUT2D eigenvalue weighted by Gasteiger charge is 2.23. The van der Waals surface area contributed by atoms with Gasteiger partial charge < -0.3 is 14.8 Å². The Morgan fingerprint density at radius 1 is 1.00 bits per heavy atom. The lowest BCUT2D eigenvalue weighted by Crippen LogP contribution is -2.35. The first-order valence-electron chi connectivity index (χ1n) is 8.41. The topological polar surface area (TPSA) is 64.6 Å². The molecule has 26 heavy (non-hydrogen) atoms. The molecular weight excluding hydrogens is 354 g/mol. The van der Waals surface area contributed by atoms with E-state index in [1.807, 2.05) is 24.3 Å². The quantitative estimate of drug-likeness (QED) is 0.735. The highest BCUT2D eigenvalue weighted by molar-refractivity contribution is 6.30. The van der Waals surface area contributed by atoms with Crippen LogP contribution in [0.15, 0.2) is 48.5 Å². The van der Waals surface area contributed by atoms with Crippen LogP contribution in [0, 0.1) is 0 Å². The van der Waals surface area contributed by atoms with Gasteiger partial charge in [0.25, 0.3) is 5.91 Å². The summed E-state index contributed by atoms with van der Waals surface area (Å²) in [5.41, 5.74) is 1.83. The fourth-order valence-corrected chi connectivity index (χ4v) is 2.28. The van der Waals surface area contributed by atoms with Crippen molar-refractivity contribution < 1.29 is 19.1 Å². The van der Waals surface area contributed by atoms with E-state index in [0.29, 0.717) is 16.5 Å². The molecule has 0 aliphatic rings. The Balaban J connectivity index is 1.86. The molecule has 0 radical (unpaired) electrons. The number of ether oxygens (including phenoxy) is 2. The van der Waals surface area contributed by atoms with E-state index in [0.717, 1.165) is 6.42 Å². The summed E-state index contributed by atoms with van der Waals surface area (Å²) in [5, 5.41) is 3.30. The number of carbonyl (C=O) groups is 2. The minimum Gasteiger partial charge on any atom is -0.479 e. The van der Waals surface area contributed by atoms with Crippen molar-refractivity contribution in [3.8, 4) is 5.75 Å². The standard InChI is InChI=1S/C20H22ClNO4/c1-4-15-5-9-17(10-6-15)22-19(23)13(2)26-20(24)14(3)25-18-11-7-16(21)8-12-18/h5-14H,4H2,1-3H3,(H,22,23)/t13-,14-/m1/s1. The summed E-state index contributed by atoms with van der Waals surface area (Å²) in [6.45, 7) is 5.14. The number of hydrogen-bond acceptors (Lipinski definition) is 4. The number of benzene rings is 2. The van der Waals surface area contributed by atoms with E-state index >= 15 is 0 Å². The van der Waals surface area contributed by atoms with Crippen LogP contribution in [0.1, 0.15) is 26.3 Å². The largest absolute Gasteiger partial charge is 0.479 e. The molecule has 0 aliphatic carbocycles. The van der Waals surface area contributed by atoms with E-state index in [4.69, 9.17) is 21.1 Å². The SMILES string of the molecule is CCc1ccc(NC(=O)[C@@H](C)OC(=O)[C@@H](C)Oc2ccc(Cl)cc2)cc1. The zero-order valence-corrected chi connectivity index (χ0v) is 15.7. The van der Waals surface area contributed by atoms with Crippen molar-refractivity contribution in [1.29, 1.82) is 0 Å². The average Bonchev–Trinajstić information content (AvgIpc) is 2.64. The molecule has 0 aromatic heterocycles. The Kier molecular flexibility index (Phi) is 7.04. The number of carbonyl (C=O) groups excluding carboxylic acids is 2. The van der Waals surface area contributed by atoms with E-state index in [1.54, 1.807) is 31.2 Å². The zero-order valence-electron chi connectivity index (χ0n) is 15.0. The monoisotopic (exact) mass is 375 g/mol. The molecule has 0 spiro atoms. The Morgan fingerprint density at radius 2 is 1.62 bits per heavy atom. The second-order valence-corrected chi connectivity index (χ2v) is 6.27. The van der Waals surface area contributed by atoms with Crippen molar-refractivity contribution in [1.82, 2.24) is 0 Å². The van der Waals surface area contributed by atoms with E-state index in [9.17, 15) is 9.59 Å². The smallest absolute Gasteiger partial charge is 0.347 e. The minimum atomic E-state index is -0.940. The van der Waals surface area contributed by atoms with Gasteiger partial charge in [0.1, 0.15) is 5.75 Å². The van der Waals surface area contributed by atoms with Crippen molar-refractivity contribution in [3.05, 3.63) is 59.1 Å². The van der Waals surface area contributed by atoms with Gasteiger partial charge in [0.15, 0.2) is 12.2 Å². The van der Waals surface area contributed by atoms with Crippen molar-refractivity contribution >= 4 is 29.2 Å². The first-order chi connectivity index (χ1) is 12.4. The molecule has 2 aromatic rings. The van der Waals surface area contributed by atoms with Gasteiger partial charge in [0.2, 0.25) is 0 Å². The molecule has 0 fully saturated rings. The van der Waals surface area contributed by atoms with Gasteiger partial charge in [-0.2, -0.15) is 0 Å². The summed E-state index contributed by atoms with van der Waals surface area (Å²) >= 11 is 5.81. The number of rotatable bonds is 7. The van der Waals surface area contributed by atoms with E-state index in [-0.39, 0.29) is 0 Å². The maximum atomic E-state index is 12.2. The maximum Gasteiger partial charge on any atom is 0.347 e. The van der Waals surface area contributed by atoms with Gasteiger partial charge in [-0.1, -0.05) is 30.7 Å². The lowest BCUT2D eigenvalue weighted by Gasteiger charge is -2.18. The molecule has 1 N–H and O–H groups in total. The zero-order chi connectivity index (χ0) is 19.1. The van der Waals surface area contributed by atoms with E-state index < -0.39 is 24.1 Å². The summed E-state index contributed by atoms with van der Waals surface area (Å²) in [6, 6.07) is 14.1. The third-order valence-corrected chi connectivity index (χ3v) is 4.00. The number of esters is 1. The summed E-state index contributed by atoms with van der Waals surface area (Å²) in [6.07, 6.45) is -0.867. The van der Waals surface area contributed by atoms with Gasteiger partial charge in [0.05, 0.1) is 0 Å². The predicted molar refractivity (Wildman–Crippen MR) is 102 cm³/mol. The summed E-state index contributed by atoms with van der Waals surface area (Å²) in [7, 11) is 0. The Hall–Kier alpha value is -2.53. The molecule has 2 aromatic carbocycles. The van der Waals surface area contributed by atoms with Crippen LogP contribution in [-0.2, 0) is 20.7 Å². The van der Waals surface area contributed by atoms with Crippen LogP contribution in [-0.4, -0.2) is 24.1 Å². The molecule has 0 heterocycles. The molecule has 0 saturated carbocycles. The van der Waals surface area contributed by atoms with Crippen molar-refractivity contribution in [2.75, 3.05) is 5.32 Å². The van der Waals surface area contributed by atoms with Crippen molar-refractivity contribution in [2.24, 2.45) is 0 Å². The van der Waals surface area contributed by atoms with Crippen molar-refractivity contribution in [3.63, 3.8) is 0 Å². The van der Waals surface area contributed by atoms with Gasteiger partial charge in [-0.3, -0.25) is 4.79 Å². The Bertz CT molecular complexity index is 743. The number of nitrogens with one attached hydrogen (secondary N) is 1. The second kappa shape index (κ2) is 9.25. The second-order valence-electron chi connectivity index (χ2n) is 5.83. The number of hydrogen-bond donors (Lipinski definition) is 1. The molecule has 6 heteroatoms. The normalized spacial score (nSPS) is 12.8. The number of amides is 1. The lowest BCUT2D eigenvalue weighted by atomic mass is 10.1. The van der Waals surface area contributed by atoms with Crippen LogP contribution in [0.2, 0.25) is 5.02 Å². The molecule has 0 unspecified atom stereocenters. The van der Waals surface area contributed by atoms with Crippen LogP contribution in [0.5, 0.6) is 5.75 Å². The average molecular weight is 376 g/mol. The first-order valence-corrected chi connectivity index (χ1v) is 8.79. The molecule has 0 saturated heterocycles. The molecule has 2 atom stereocenters. The summed E-state index contributed by atoms with van der Waals surface area (Å²) < 4.78 is 10.7. The van der Waals surface area contributed by atoms with Crippen molar-refractivity contribution in [2.45, 2.75) is 39.4 Å². The molecule has 2 rings (SSSR count). The molecule has 0 bridgehead atoms. The lowest BCUT2D eigenvalue weighted by molar-refractivity contribution is -0.159. The number of halogens is 1. The van der Waals surface area contributed by atoms with Gasteiger partial charge in [-0.05, 0) is 62.2 Å². The predicted octanol–water partition coefficient (Wildman–Crippen LogP) is 4.24. The number of aryl methyl sites for hydroxylation is 1. The molecule has 138 valence electrons. The third-order valence-electron chi connectivity index (χ3n) is 3.75. The maximum absolute atomic E-state index is 12.2. The highest BCUT2D eigenvalue weighted by atomic mass is 35.5. The van der Waals surface area contributed by atoms with Crippen LogP contribution in [0.3, 0.4) is 0 Å². The fraction of sp³-hybridized carbons (Fsp3) is 0.300. The Morgan fingerprint density at radius 3 is 2.19 bits per heavy atom. The van der Waals surface area contributed by atoms with Gasteiger partial charge in [-0.25, -0.2) is 4.79 Å². The van der Waals surface area contributed by atoms with Crippen LogP contribution in [0.25, 0.3) is 0 Å². The van der Waals surface area contributed by atoms with Gasteiger partial charge >= 0.3 is 5.97 Å². The summed E-state index contributed by atoms with van der Waals surface area (Å²) in [4.78, 5) is 24.3. The minimum absolute atomic E-state index is 0.402. The van der Waals surface area contributed by atoms with E-state index in [2.05, 4.69) is 12.2 Å². The first kappa shape index (κ1) is 19.8. The number of anilines is 1. The van der Waals surface area contributed by atoms with E-state index in [1.165, 1.54) is 12.5 Å². The molecule has 0 aliphatic heterocycles. The Labute approximate surface area is 158 Å². The van der Waals surface area contributed by atoms with Crippen LogP contribution >= 0.6 is 11.6 Å². The highest BCUT2D eigenvalue weighted by Crippen LogP contribution is 2.17. The van der Waals surface area contributed by atoms with Crippen LogP contribution < -0.4 is 10.1 Å². The third kappa shape index (κ3) is 5.77. The molecular formula is C20H22ClNO4. The van der Waals surface area contributed by atoms with Gasteiger partial charge in [0, 0.05) is 10.7 Å².